The maximum Gasteiger partial charge on any atom is 0.348 e. The number of ether oxygens (including phenoxy) is 3. The summed E-state index contributed by atoms with van der Waals surface area (Å²) in [5.74, 6) is 1.26. The number of aromatic amines is 1. The number of fused-ring (bicyclic) bond motifs is 1. The van der Waals surface area contributed by atoms with Crippen LogP contribution in [0.1, 0.15) is 33.5 Å². The van der Waals surface area contributed by atoms with Crippen LogP contribution in [0.15, 0.2) is 23.0 Å². The summed E-state index contributed by atoms with van der Waals surface area (Å²) in [7, 11) is 3.16. The first-order valence-corrected chi connectivity index (χ1v) is 9.40. The highest BCUT2D eigenvalue weighted by molar-refractivity contribution is 7.20. The van der Waals surface area contributed by atoms with Crippen molar-refractivity contribution in [1.82, 2.24) is 9.97 Å². The topological polar surface area (TPSA) is 90.5 Å². The number of esters is 1. The molecule has 7 nitrogen and oxygen atoms in total. The van der Waals surface area contributed by atoms with Crippen LogP contribution < -0.4 is 15.0 Å². The minimum atomic E-state index is -0.442. The van der Waals surface area contributed by atoms with Gasteiger partial charge in [-0.2, -0.15) is 0 Å². The Morgan fingerprint density at radius 2 is 2.04 bits per heavy atom. The summed E-state index contributed by atoms with van der Waals surface area (Å²) in [5, 5.41) is 0.409. The zero-order valence-electron chi connectivity index (χ0n) is 16.0. The summed E-state index contributed by atoms with van der Waals surface area (Å²) in [4.78, 5) is 32.7. The molecular weight excluding hydrogens is 380 g/mol. The molecule has 0 fully saturated rings. The average molecular weight is 400 g/mol. The van der Waals surface area contributed by atoms with E-state index in [1.54, 1.807) is 46.3 Å². The Labute approximate surface area is 165 Å². The van der Waals surface area contributed by atoms with Crippen LogP contribution in [-0.4, -0.2) is 36.8 Å². The van der Waals surface area contributed by atoms with Crippen LogP contribution in [0, 0.1) is 6.92 Å². The molecule has 0 spiro atoms. The number of aromatic nitrogens is 2. The van der Waals surface area contributed by atoms with Crippen molar-refractivity contribution in [2.24, 2.45) is 0 Å². The van der Waals surface area contributed by atoms with E-state index < -0.39 is 5.97 Å². The van der Waals surface area contributed by atoms with Crippen molar-refractivity contribution >= 4 is 39.7 Å². The summed E-state index contributed by atoms with van der Waals surface area (Å²) < 4.78 is 15.6. The largest absolute Gasteiger partial charge is 0.497 e. The monoisotopic (exact) mass is 400 g/mol. The van der Waals surface area contributed by atoms with Crippen molar-refractivity contribution in [3.8, 4) is 11.5 Å². The summed E-state index contributed by atoms with van der Waals surface area (Å²) in [6.07, 6.45) is 3.47. The summed E-state index contributed by atoms with van der Waals surface area (Å²) in [6.45, 7) is 3.73. The standard InChI is InChI=1S/C20H20N2O5S/c1-5-27-20(24)17-11(2)16-18(23)21-15(22-19(16)28-17)9-7-12-6-8-13(25-3)10-14(12)26-4/h6-10H,5H2,1-4H3,(H,21,22,23)/b9-7+. The van der Waals surface area contributed by atoms with E-state index in [9.17, 15) is 9.59 Å². The van der Waals surface area contributed by atoms with Crippen LogP contribution in [0.4, 0.5) is 0 Å². The molecule has 0 amide bonds. The van der Waals surface area contributed by atoms with E-state index in [-0.39, 0.29) is 12.2 Å². The highest BCUT2D eigenvalue weighted by atomic mass is 32.1. The fourth-order valence-electron chi connectivity index (χ4n) is 2.76. The molecule has 0 unspecified atom stereocenters. The molecule has 0 bridgehead atoms. The molecule has 0 aliphatic rings. The Balaban J connectivity index is 2.00. The number of benzene rings is 1. The zero-order valence-corrected chi connectivity index (χ0v) is 16.8. The second kappa shape index (κ2) is 8.26. The van der Waals surface area contributed by atoms with E-state index in [1.165, 1.54) is 0 Å². The van der Waals surface area contributed by atoms with Gasteiger partial charge in [-0.05, 0) is 43.7 Å². The Morgan fingerprint density at radius 1 is 1.25 bits per heavy atom. The van der Waals surface area contributed by atoms with E-state index in [0.717, 1.165) is 16.9 Å². The fraction of sp³-hybridized carbons (Fsp3) is 0.250. The molecule has 8 heteroatoms. The SMILES string of the molecule is CCOC(=O)c1sc2nc(/C=C/c3ccc(OC)cc3OC)[nH]c(=O)c2c1C. The molecule has 0 saturated heterocycles. The molecular formula is C20H20N2O5S. The molecule has 146 valence electrons. The third kappa shape index (κ3) is 3.77. The van der Waals surface area contributed by atoms with Gasteiger partial charge in [0.1, 0.15) is 27.0 Å². The van der Waals surface area contributed by atoms with E-state index in [2.05, 4.69) is 9.97 Å². The molecule has 2 heterocycles. The number of thiophene rings is 1. The third-order valence-corrected chi connectivity index (χ3v) is 5.31. The van der Waals surface area contributed by atoms with Crippen molar-refractivity contribution in [2.45, 2.75) is 13.8 Å². The first kappa shape index (κ1) is 19.6. The lowest BCUT2D eigenvalue weighted by atomic mass is 10.1. The number of methoxy groups -OCH3 is 2. The Bertz CT molecular complexity index is 1110. The maximum absolute atomic E-state index is 12.5. The maximum atomic E-state index is 12.5. The highest BCUT2D eigenvalue weighted by Gasteiger charge is 2.19. The van der Waals surface area contributed by atoms with Gasteiger partial charge in [0.25, 0.3) is 5.56 Å². The van der Waals surface area contributed by atoms with Crippen LogP contribution in [0.3, 0.4) is 0 Å². The fourth-order valence-corrected chi connectivity index (χ4v) is 3.84. The van der Waals surface area contributed by atoms with Crippen LogP contribution in [0.25, 0.3) is 22.4 Å². The average Bonchev–Trinajstić information content (AvgIpc) is 3.03. The number of hydrogen-bond donors (Lipinski definition) is 1. The molecule has 2 aromatic heterocycles. The Kier molecular flexibility index (Phi) is 5.79. The lowest BCUT2D eigenvalue weighted by Crippen LogP contribution is -2.10. The highest BCUT2D eigenvalue weighted by Crippen LogP contribution is 2.28. The van der Waals surface area contributed by atoms with Crippen LogP contribution in [0.5, 0.6) is 11.5 Å². The van der Waals surface area contributed by atoms with Crippen molar-refractivity contribution in [1.29, 1.82) is 0 Å². The summed E-state index contributed by atoms with van der Waals surface area (Å²) in [5.41, 5.74) is 1.09. The number of hydrogen-bond acceptors (Lipinski definition) is 7. The van der Waals surface area contributed by atoms with Crippen LogP contribution >= 0.6 is 11.3 Å². The number of carbonyl (C=O) groups is 1. The van der Waals surface area contributed by atoms with Gasteiger partial charge in [-0.3, -0.25) is 4.79 Å². The molecule has 0 atom stereocenters. The Hall–Kier alpha value is -3.13. The lowest BCUT2D eigenvalue weighted by Gasteiger charge is -2.07. The number of nitrogens with zero attached hydrogens (tertiary/aromatic N) is 1. The van der Waals surface area contributed by atoms with Gasteiger partial charge in [-0.1, -0.05) is 0 Å². The number of carbonyl (C=O) groups excluding carboxylic acids is 1. The quantitative estimate of drug-likeness (QED) is 0.635. The zero-order chi connectivity index (χ0) is 20.3. The molecule has 3 aromatic rings. The van der Waals surface area contributed by atoms with E-state index in [4.69, 9.17) is 14.2 Å². The second-order valence-electron chi connectivity index (χ2n) is 5.85. The molecule has 0 aliphatic carbocycles. The van der Waals surface area contributed by atoms with Gasteiger partial charge in [0, 0.05) is 11.6 Å². The van der Waals surface area contributed by atoms with Gasteiger partial charge in [-0.15, -0.1) is 11.3 Å². The second-order valence-corrected chi connectivity index (χ2v) is 6.85. The lowest BCUT2D eigenvalue weighted by molar-refractivity contribution is 0.0531. The van der Waals surface area contributed by atoms with Gasteiger partial charge < -0.3 is 19.2 Å². The first-order chi connectivity index (χ1) is 13.5. The molecule has 0 radical (unpaired) electrons. The van der Waals surface area contributed by atoms with Crippen molar-refractivity contribution in [3.63, 3.8) is 0 Å². The predicted octanol–water partition coefficient (Wildman–Crippen LogP) is 3.66. The predicted molar refractivity (Wildman–Crippen MR) is 109 cm³/mol. The van der Waals surface area contributed by atoms with Gasteiger partial charge in [0.05, 0.1) is 26.2 Å². The molecule has 1 aromatic carbocycles. The number of H-pyrrole nitrogens is 1. The normalized spacial score (nSPS) is 11.1. The van der Waals surface area contributed by atoms with Gasteiger partial charge >= 0.3 is 5.97 Å². The van der Waals surface area contributed by atoms with Gasteiger partial charge in [-0.25, -0.2) is 9.78 Å². The van der Waals surface area contributed by atoms with Gasteiger partial charge in [0.15, 0.2) is 0 Å². The van der Waals surface area contributed by atoms with Crippen LogP contribution in [-0.2, 0) is 4.74 Å². The minimum absolute atomic E-state index is 0.272. The molecule has 0 saturated carbocycles. The van der Waals surface area contributed by atoms with Crippen LogP contribution in [0.2, 0.25) is 0 Å². The van der Waals surface area contributed by atoms with Crippen molar-refractivity contribution in [2.75, 3.05) is 20.8 Å². The number of rotatable bonds is 6. The van der Waals surface area contributed by atoms with E-state index in [0.29, 0.717) is 38.0 Å². The van der Waals surface area contributed by atoms with Crippen molar-refractivity contribution < 1.29 is 19.0 Å². The van der Waals surface area contributed by atoms with Crippen molar-refractivity contribution in [3.05, 3.63) is 50.4 Å². The van der Waals surface area contributed by atoms with E-state index in [1.807, 2.05) is 12.1 Å². The summed E-state index contributed by atoms with van der Waals surface area (Å²) in [6, 6.07) is 5.43. The van der Waals surface area contributed by atoms with E-state index >= 15 is 0 Å². The summed E-state index contributed by atoms with van der Waals surface area (Å²) >= 11 is 1.15. The Morgan fingerprint density at radius 3 is 2.71 bits per heavy atom. The molecule has 0 aliphatic heterocycles. The number of aryl methyl sites for hydroxylation is 1. The first-order valence-electron chi connectivity index (χ1n) is 8.59. The molecule has 28 heavy (non-hydrogen) atoms. The van der Waals surface area contributed by atoms with Gasteiger partial charge in [0.2, 0.25) is 0 Å². The molecule has 1 N–H and O–H groups in total. The smallest absolute Gasteiger partial charge is 0.348 e. The minimum Gasteiger partial charge on any atom is -0.497 e. The third-order valence-electron chi connectivity index (χ3n) is 4.14. The molecule has 3 rings (SSSR count). The number of nitrogens with one attached hydrogen (secondary N) is 1.